The SMILES string of the molecule is CC[C@H](C)NC(=O)C(=O)N/N=C\c1cccc(OCC(=O)Nc2ccc(Br)cc2)c1. The third-order valence-corrected chi connectivity index (χ3v) is 4.46. The van der Waals surface area contributed by atoms with Crippen LogP contribution in [0.2, 0.25) is 0 Å². The molecule has 2 rings (SSSR count). The van der Waals surface area contributed by atoms with E-state index >= 15 is 0 Å². The summed E-state index contributed by atoms with van der Waals surface area (Å²) < 4.78 is 6.41. The Kier molecular flexibility index (Phi) is 9.02. The normalized spacial score (nSPS) is 11.6. The van der Waals surface area contributed by atoms with Crippen molar-refractivity contribution in [1.29, 1.82) is 0 Å². The van der Waals surface area contributed by atoms with Gasteiger partial charge in [-0.3, -0.25) is 14.4 Å². The summed E-state index contributed by atoms with van der Waals surface area (Å²) in [6, 6.07) is 13.9. The molecule has 0 saturated carbocycles. The van der Waals surface area contributed by atoms with E-state index in [1.54, 1.807) is 43.3 Å². The van der Waals surface area contributed by atoms with Crippen molar-refractivity contribution < 1.29 is 19.1 Å². The van der Waals surface area contributed by atoms with Gasteiger partial charge in [0.2, 0.25) is 0 Å². The van der Waals surface area contributed by atoms with Crippen molar-refractivity contribution in [3.05, 3.63) is 58.6 Å². The van der Waals surface area contributed by atoms with Gasteiger partial charge in [0.1, 0.15) is 5.75 Å². The number of nitrogens with zero attached hydrogens (tertiary/aromatic N) is 1. The van der Waals surface area contributed by atoms with Crippen molar-refractivity contribution in [1.82, 2.24) is 10.7 Å². The third kappa shape index (κ3) is 8.04. The number of rotatable bonds is 8. The highest BCUT2D eigenvalue weighted by Crippen LogP contribution is 2.15. The minimum absolute atomic E-state index is 0.0953. The fraction of sp³-hybridized carbons (Fsp3) is 0.238. The zero-order valence-electron chi connectivity index (χ0n) is 16.6. The van der Waals surface area contributed by atoms with Crippen LogP contribution in [0.15, 0.2) is 58.1 Å². The lowest BCUT2D eigenvalue weighted by molar-refractivity contribution is -0.139. The Labute approximate surface area is 183 Å². The van der Waals surface area contributed by atoms with Gasteiger partial charge in [-0.1, -0.05) is 35.0 Å². The molecule has 2 aromatic rings. The average Bonchev–Trinajstić information content (AvgIpc) is 2.74. The van der Waals surface area contributed by atoms with Gasteiger partial charge < -0.3 is 15.4 Å². The number of anilines is 1. The Bertz CT molecular complexity index is 915. The molecule has 0 aliphatic carbocycles. The van der Waals surface area contributed by atoms with Crippen LogP contribution < -0.4 is 20.8 Å². The third-order valence-electron chi connectivity index (χ3n) is 3.93. The lowest BCUT2D eigenvalue weighted by Gasteiger charge is -2.09. The Hall–Kier alpha value is -3.20. The van der Waals surface area contributed by atoms with Crippen molar-refractivity contribution in [2.75, 3.05) is 11.9 Å². The summed E-state index contributed by atoms with van der Waals surface area (Å²) >= 11 is 3.33. The second-order valence-electron chi connectivity index (χ2n) is 6.40. The molecule has 0 aromatic heterocycles. The molecule has 0 radical (unpaired) electrons. The highest BCUT2D eigenvalue weighted by molar-refractivity contribution is 9.10. The van der Waals surface area contributed by atoms with E-state index in [4.69, 9.17) is 4.74 Å². The second kappa shape index (κ2) is 11.7. The van der Waals surface area contributed by atoms with Crippen LogP contribution in [0.1, 0.15) is 25.8 Å². The number of halogens is 1. The highest BCUT2D eigenvalue weighted by atomic mass is 79.9. The second-order valence-corrected chi connectivity index (χ2v) is 7.31. The van der Waals surface area contributed by atoms with Crippen molar-refractivity contribution in [3.63, 3.8) is 0 Å². The molecule has 3 N–H and O–H groups in total. The first-order valence-electron chi connectivity index (χ1n) is 9.29. The molecule has 158 valence electrons. The van der Waals surface area contributed by atoms with Crippen molar-refractivity contribution >= 4 is 45.6 Å². The van der Waals surface area contributed by atoms with Gasteiger partial charge in [0.05, 0.1) is 6.21 Å². The molecule has 0 aliphatic heterocycles. The van der Waals surface area contributed by atoms with E-state index in [-0.39, 0.29) is 18.6 Å². The predicted molar refractivity (Wildman–Crippen MR) is 118 cm³/mol. The standard InChI is InChI=1S/C21H23BrN4O4/c1-3-14(2)24-20(28)21(29)26-23-12-15-5-4-6-18(11-15)30-13-19(27)25-17-9-7-16(22)8-10-17/h4-12,14H,3,13H2,1-2H3,(H,24,28)(H,25,27)(H,26,29)/b23-12-/t14-/m0/s1. The van der Waals surface area contributed by atoms with Gasteiger partial charge in [0.15, 0.2) is 6.61 Å². The summed E-state index contributed by atoms with van der Waals surface area (Å²) in [6.45, 7) is 3.54. The van der Waals surface area contributed by atoms with Crippen molar-refractivity contribution in [2.45, 2.75) is 26.3 Å². The minimum atomic E-state index is -0.844. The molecule has 1 atom stereocenters. The number of hydrogen-bond donors (Lipinski definition) is 3. The van der Waals surface area contributed by atoms with Gasteiger partial charge in [0.25, 0.3) is 5.91 Å². The van der Waals surface area contributed by atoms with Crippen LogP contribution in [-0.2, 0) is 14.4 Å². The van der Waals surface area contributed by atoms with E-state index in [1.165, 1.54) is 6.21 Å². The van der Waals surface area contributed by atoms with Crippen LogP contribution in [0.25, 0.3) is 0 Å². The topological polar surface area (TPSA) is 109 Å². The summed E-state index contributed by atoms with van der Waals surface area (Å²) in [4.78, 5) is 35.3. The number of nitrogens with one attached hydrogen (secondary N) is 3. The zero-order chi connectivity index (χ0) is 21.9. The molecular formula is C21H23BrN4O4. The Morgan fingerprint density at radius 2 is 1.87 bits per heavy atom. The molecule has 0 saturated heterocycles. The fourth-order valence-corrected chi connectivity index (χ4v) is 2.44. The van der Waals surface area contributed by atoms with E-state index in [9.17, 15) is 14.4 Å². The largest absolute Gasteiger partial charge is 0.484 e. The molecule has 0 aliphatic rings. The predicted octanol–water partition coefficient (Wildman–Crippen LogP) is 2.83. The van der Waals surface area contributed by atoms with Crippen molar-refractivity contribution in [2.24, 2.45) is 5.10 Å². The first-order valence-corrected chi connectivity index (χ1v) is 10.1. The van der Waals surface area contributed by atoms with E-state index in [2.05, 4.69) is 37.1 Å². The molecule has 2 aromatic carbocycles. The molecule has 30 heavy (non-hydrogen) atoms. The summed E-state index contributed by atoms with van der Waals surface area (Å²) in [5.74, 6) is -1.42. The maximum atomic E-state index is 12.0. The van der Waals surface area contributed by atoms with Crippen LogP contribution >= 0.6 is 15.9 Å². The van der Waals surface area contributed by atoms with Crippen LogP contribution in [0, 0.1) is 0 Å². The number of amides is 3. The molecule has 0 bridgehead atoms. The van der Waals surface area contributed by atoms with Crippen LogP contribution in [0.4, 0.5) is 5.69 Å². The van der Waals surface area contributed by atoms with Crippen LogP contribution in [-0.4, -0.2) is 36.6 Å². The van der Waals surface area contributed by atoms with Gasteiger partial charge in [0, 0.05) is 16.2 Å². The number of benzene rings is 2. The van der Waals surface area contributed by atoms with Gasteiger partial charge in [-0.2, -0.15) is 5.10 Å². The van der Waals surface area contributed by atoms with E-state index in [0.29, 0.717) is 17.0 Å². The average molecular weight is 475 g/mol. The molecule has 0 fully saturated rings. The lowest BCUT2D eigenvalue weighted by Crippen LogP contribution is -2.41. The summed E-state index contributed by atoms with van der Waals surface area (Å²) in [5.41, 5.74) is 3.47. The van der Waals surface area contributed by atoms with E-state index in [0.717, 1.165) is 10.9 Å². The molecule has 9 heteroatoms. The Balaban J connectivity index is 1.83. The molecule has 0 heterocycles. The smallest absolute Gasteiger partial charge is 0.329 e. The Morgan fingerprint density at radius 3 is 2.57 bits per heavy atom. The number of carbonyl (C=O) groups is 3. The van der Waals surface area contributed by atoms with Gasteiger partial charge in [-0.25, -0.2) is 5.43 Å². The quantitative estimate of drug-likeness (QED) is 0.310. The van der Waals surface area contributed by atoms with Crippen LogP contribution in [0.5, 0.6) is 5.75 Å². The van der Waals surface area contributed by atoms with Gasteiger partial charge >= 0.3 is 11.8 Å². The first-order chi connectivity index (χ1) is 14.4. The van der Waals surface area contributed by atoms with E-state index < -0.39 is 11.8 Å². The molecule has 0 unspecified atom stereocenters. The monoisotopic (exact) mass is 474 g/mol. The maximum Gasteiger partial charge on any atom is 0.329 e. The number of ether oxygens (including phenoxy) is 1. The molecule has 8 nitrogen and oxygen atoms in total. The number of hydrogen-bond acceptors (Lipinski definition) is 5. The maximum absolute atomic E-state index is 12.0. The number of hydrazone groups is 1. The fourth-order valence-electron chi connectivity index (χ4n) is 2.17. The van der Waals surface area contributed by atoms with Gasteiger partial charge in [-0.15, -0.1) is 0 Å². The summed E-state index contributed by atoms with van der Waals surface area (Å²) in [5, 5.41) is 9.05. The highest BCUT2D eigenvalue weighted by Gasteiger charge is 2.14. The molecule has 3 amide bonds. The van der Waals surface area contributed by atoms with Gasteiger partial charge in [-0.05, 0) is 55.3 Å². The first kappa shape index (κ1) is 23.1. The zero-order valence-corrected chi connectivity index (χ0v) is 18.2. The van der Waals surface area contributed by atoms with E-state index in [1.807, 2.05) is 19.1 Å². The molecule has 0 spiro atoms. The number of carbonyl (C=O) groups excluding carboxylic acids is 3. The minimum Gasteiger partial charge on any atom is -0.484 e. The van der Waals surface area contributed by atoms with Crippen molar-refractivity contribution in [3.8, 4) is 5.75 Å². The van der Waals surface area contributed by atoms with Crippen LogP contribution in [0.3, 0.4) is 0 Å². The summed E-state index contributed by atoms with van der Waals surface area (Å²) in [7, 11) is 0. The Morgan fingerprint density at radius 1 is 1.13 bits per heavy atom. The lowest BCUT2D eigenvalue weighted by atomic mass is 10.2. The molecular weight excluding hydrogens is 452 g/mol. The summed E-state index contributed by atoms with van der Waals surface area (Å²) in [6.07, 6.45) is 2.10.